The molecule has 0 aliphatic heterocycles. The van der Waals surface area contributed by atoms with Gasteiger partial charge in [-0.05, 0) is 18.6 Å². The van der Waals surface area contributed by atoms with Crippen LogP contribution in [0.4, 0.5) is 0 Å². The maximum atomic E-state index is 11.5. The van der Waals surface area contributed by atoms with Crippen LogP contribution in [0.25, 0.3) is 0 Å². The van der Waals surface area contributed by atoms with E-state index in [4.69, 9.17) is 16.9 Å². The Hall–Kier alpha value is -0.850. The Morgan fingerprint density at radius 3 is 2.79 bits per heavy atom. The number of hydrogen-bond acceptors (Lipinski definition) is 2. The highest BCUT2D eigenvalue weighted by Gasteiger charge is 2.11. The fourth-order valence-corrected chi connectivity index (χ4v) is 2.16. The molecule has 14 heavy (non-hydrogen) atoms. The van der Waals surface area contributed by atoms with Crippen LogP contribution in [0.3, 0.4) is 0 Å². The first-order valence-electron chi connectivity index (χ1n) is 4.15. The van der Waals surface area contributed by atoms with Gasteiger partial charge in [0, 0.05) is 15.8 Å². The fraction of sp³-hybridized carbons (Fsp3) is 0.300. The molecule has 1 aromatic carbocycles. The second-order valence-corrected chi connectivity index (χ2v) is 5.05. The summed E-state index contributed by atoms with van der Waals surface area (Å²) in [4.78, 5) is 0. The van der Waals surface area contributed by atoms with Crippen LogP contribution in [0.2, 0.25) is 5.02 Å². The predicted octanol–water partition coefficient (Wildman–Crippen LogP) is 2.50. The van der Waals surface area contributed by atoms with Crippen molar-refractivity contribution in [2.45, 2.75) is 17.9 Å². The number of halogens is 1. The van der Waals surface area contributed by atoms with Gasteiger partial charge in [-0.3, -0.25) is 4.21 Å². The molecule has 0 aliphatic rings. The largest absolute Gasteiger partial charge is 0.258 e. The molecule has 0 spiro atoms. The van der Waals surface area contributed by atoms with Crippen LogP contribution in [0.5, 0.6) is 0 Å². The Morgan fingerprint density at radius 2 is 2.21 bits per heavy atom. The van der Waals surface area contributed by atoms with Crippen molar-refractivity contribution in [1.29, 1.82) is 5.26 Å². The third-order valence-electron chi connectivity index (χ3n) is 1.83. The van der Waals surface area contributed by atoms with Crippen molar-refractivity contribution in [3.63, 3.8) is 0 Å². The summed E-state index contributed by atoms with van der Waals surface area (Å²) in [5.74, 6) is 0.342. The van der Waals surface area contributed by atoms with Crippen LogP contribution in [-0.4, -0.2) is 9.46 Å². The average molecular weight is 228 g/mol. The van der Waals surface area contributed by atoms with E-state index < -0.39 is 16.0 Å². The van der Waals surface area contributed by atoms with Crippen LogP contribution >= 0.6 is 11.6 Å². The summed E-state index contributed by atoms with van der Waals surface area (Å²) in [5.41, 5.74) is 0.828. The lowest BCUT2D eigenvalue weighted by molar-refractivity contribution is 0.679. The zero-order valence-electron chi connectivity index (χ0n) is 7.74. The molecule has 0 bridgehead atoms. The molecule has 0 saturated heterocycles. The number of nitriles is 1. The van der Waals surface area contributed by atoms with Gasteiger partial charge in [-0.25, -0.2) is 0 Å². The molecular formula is C10H10ClNOS. The number of benzene rings is 1. The molecule has 1 rings (SSSR count). The van der Waals surface area contributed by atoms with E-state index in [0.29, 0.717) is 10.8 Å². The van der Waals surface area contributed by atoms with Crippen LogP contribution < -0.4 is 0 Å². The molecule has 0 saturated carbocycles. The molecule has 2 unspecified atom stereocenters. The van der Waals surface area contributed by atoms with E-state index in [9.17, 15) is 4.21 Å². The van der Waals surface area contributed by atoms with E-state index in [0.717, 1.165) is 5.56 Å². The Bertz CT molecular complexity index is 386. The molecule has 74 valence electrons. The van der Waals surface area contributed by atoms with E-state index in [1.807, 2.05) is 24.3 Å². The molecule has 2 nitrogen and oxygen atoms in total. The second-order valence-electron chi connectivity index (χ2n) is 2.89. The maximum Gasteiger partial charge on any atom is 0.119 e. The predicted molar refractivity (Wildman–Crippen MR) is 58.4 cm³/mol. The first kappa shape index (κ1) is 11.2. The van der Waals surface area contributed by atoms with Gasteiger partial charge < -0.3 is 0 Å². The number of rotatable bonds is 3. The van der Waals surface area contributed by atoms with Crippen LogP contribution in [0.15, 0.2) is 24.3 Å². The summed E-state index contributed by atoms with van der Waals surface area (Å²) in [7, 11) is -1.17. The highest BCUT2D eigenvalue weighted by molar-refractivity contribution is 7.85. The van der Waals surface area contributed by atoms with Crippen molar-refractivity contribution >= 4 is 22.4 Å². The molecular weight excluding hydrogens is 218 g/mol. The molecule has 0 N–H and O–H groups in total. The number of nitrogens with zero attached hydrogens (tertiary/aromatic N) is 1. The lowest BCUT2D eigenvalue weighted by Crippen LogP contribution is -2.10. The average Bonchev–Trinajstić information content (AvgIpc) is 2.20. The van der Waals surface area contributed by atoms with Crippen molar-refractivity contribution in [2.24, 2.45) is 0 Å². The van der Waals surface area contributed by atoms with Crippen LogP contribution in [-0.2, 0) is 16.6 Å². The fourth-order valence-electron chi connectivity index (χ4n) is 0.952. The molecule has 0 fully saturated rings. The van der Waals surface area contributed by atoms with Crippen molar-refractivity contribution in [3.05, 3.63) is 34.9 Å². The van der Waals surface area contributed by atoms with Crippen molar-refractivity contribution in [3.8, 4) is 6.07 Å². The summed E-state index contributed by atoms with van der Waals surface area (Å²) < 4.78 is 11.5. The summed E-state index contributed by atoms with van der Waals surface area (Å²) in [6.45, 7) is 1.65. The molecule has 1 aromatic rings. The minimum Gasteiger partial charge on any atom is -0.258 e. The van der Waals surface area contributed by atoms with Crippen molar-refractivity contribution < 1.29 is 4.21 Å². The molecule has 0 aromatic heterocycles. The Kier molecular flexibility index (Phi) is 4.12. The van der Waals surface area contributed by atoms with E-state index in [1.54, 1.807) is 13.0 Å². The molecule has 4 heteroatoms. The minimum atomic E-state index is -1.17. The zero-order chi connectivity index (χ0) is 10.6. The lowest BCUT2D eigenvalue weighted by atomic mass is 10.2. The second kappa shape index (κ2) is 5.14. The monoisotopic (exact) mass is 227 g/mol. The molecule has 0 aliphatic carbocycles. The van der Waals surface area contributed by atoms with Gasteiger partial charge in [0.2, 0.25) is 0 Å². The van der Waals surface area contributed by atoms with Crippen LogP contribution in [0.1, 0.15) is 12.5 Å². The number of hydrogen-bond donors (Lipinski definition) is 0. The quantitative estimate of drug-likeness (QED) is 0.796. The third-order valence-corrected chi connectivity index (χ3v) is 3.69. The van der Waals surface area contributed by atoms with Gasteiger partial charge in [0.05, 0.1) is 11.8 Å². The standard InChI is InChI=1S/C10H10ClNOS/c1-8(6-12)14(13)7-9-4-2-3-5-10(9)11/h2-5,8H,7H2,1H3. The van der Waals surface area contributed by atoms with Gasteiger partial charge in [-0.15, -0.1) is 0 Å². The van der Waals surface area contributed by atoms with Gasteiger partial charge >= 0.3 is 0 Å². The molecule has 0 heterocycles. The first-order valence-corrected chi connectivity index (χ1v) is 5.91. The highest BCUT2D eigenvalue weighted by atomic mass is 35.5. The van der Waals surface area contributed by atoms with Gasteiger partial charge in [0.1, 0.15) is 5.25 Å². The normalized spacial score (nSPS) is 14.4. The topological polar surface area (TPSA) is 40.9 Å². The minimum absolute atomic E-state index is 0.342. The summed E-state index contributed by atoms with van der Waals surface area (Å²) in [5, 5.41) is 8.73. The van der Waals surface area contributed by atoms with Gasteiger partial charge in [-0.1, -0.05) is 29.8 Å². The van der Waals surface area contributed by atoms with Gasteiger partial charge in [-0.2, -0.15) is 5.26 Å². The maximum absolute atomic E-state index is 11.5. The van der Waals surface area contributed by atoms with Gasteiger partial charge in [0.15, 0.2) is 0 Å². The third kappa shape index (κ3) is 2.83. The highest BCUT2D eigenvalue weighted by Crippen LogP contribution is 2.17. The van der Waals surface area contributed by atoms with Crippen molar-refractivity contribution in [2.75, 3.05) is 0 Å². The lowest BCUT2D eigenvalue weighted by Gasteiger charge is -2.04. The first-order chi connectivity index (χ1) is 6.65. The van der Waals surface area contributed by atoms with E-state index in [1.165, 1.54) is 0 Å². The molecule has 0 amide bonds. The SMILES string of the molecule is CC(C#N)S(=O)Cc1ccccc1Cl. The smallest absolute Gasteiger partial charge is 0.119 e. The van der Waals surface area contributed by atoms with Crippen LogP contribution in [0, 0.1) is 11.3 Å². The molecule has 2 atom stereocenters. The Balaban J connectivity index is 2.76. The summed E-state index contributed by atoms with van der Waals surface area (Å²) >= 11 is 5.90. The Labute approximate surface area is 91.0 Å². The molecule has 0 radical (unpaired) electrons. The Morgan fingerprint density at radius 1 is 1.57 bits per heavy atom. The van der Waals surface area contributed by atoms with E-state index in [2.05, 4.69) is 0 Å². The van der Waals surface area contributed by atoms with E-state index >= 15 is 0 Å². The summed E-state index contributed by atoms with van der Waals surface area (Å²) in [6.07, 6.45) is 0. The van der Waals surface area contributed by atoms with Gasteiger partial charge in [0.25, 0.3) is 0 Å². The van der Waals surface area contributed by atoms with Crippen molar-refractivity contribution in [1.82, 2.24) is 0 Å². The van der Waals surface area contributed by atoms with E-state index in [-0.39, 0.29) is 0 Å². The summed E-state index contributed by atoms with van der Waals surface area (Å²) in [6, 6.07) is 9.20. The zero-order valence-corrected chi connectivity index (χ0v) is 9.31.